The third kappa shape index (κ3) is 4.40. The summed E-state index contributed by atoms with van der Waals surface area (Å²) in [4.78, 5) is 27.2. The van der Waals surface area contributed by atoms with E-state index < -0.39 is 0 Å². The van der Waals surface area contributed by atoms with E-state index in [0.717, 1.165) is 37.1 Å². The number of aromatic nitrogens is 2. The fourth-order valence-electron chi connectivity index (χ4n) is 4.83. The van der Waals surface area contributed by atoms with Gasteiger partial charge in [0.2, 0.25) is 5.91 Å². The monoisotopic (exact) mass is 420 g/mol. The van der Waals surface area contributed by atoms with Crippen LogP contribution >= 0.6 is 0 Å². The van der Waals surface area contributed by atoms with Gasteiger partial charge in [0.1, 0.15) is 11.4 Å². The summed E-state index contributed by atoms with van der Waals surface area (Å²) in [7, 11) is 0. The lowest BCUT2D eigenvalue weighted by Gasteiger charge is -2.47. The number of piperidine rings is 1. The molecule has 1 N–H and O–H groups in total. The van der Waals surface area contributed by atoms with E-state index in [1.807, 2.05) is 23.1 Å². The highest BCUT2D eigenvalue weighted by Crippen LogP contribution is 2.46. The minimum absolute atomic E-state index is 0.0167. The summed E-state index contributed by atoms with van der Waals surface area (Å²) in [6, 6.07) is 9.78. The number of benzene rings is 1. The second kappa shape index (κ2) is 8.29. The number of carbonyl (C=O) groups excluding carboxylic acids is 2. The van der Waals surface area contributed by atoms with Crippen LogP contribution in [0.3, 0.4) is 0 Å². The standard InChI is InChI=1S/C24H28N4O3/c29-22(25-15-17-5-6-17)13-19-14-24(31-21-4-2-1-3-20(19)21)8-11-28(12-9-24)23(30)18-7-10-26-27-16-18/h1-4,7,10,16-17,19H,5-6,8-9,11-15H2,(H,25,29)/t19-/m1/s1. The Kier molecular flexibility index (Phi) is 5.34. The number of carbonyl (C=O) groups is 2. The fourth-order valence-corrected chi connectivity index (χ4v) is 4.83. The maximum atomic E-state index is 12.8. The quantitative estimate of drug-likeness (QED) is 0.804. The van der Waals surface area contributed by atoms with Crippen LogP contribution in [0.25, 0.3) is 0 Å². The van der Waals surface area contributed by atoms with Crippen molar-refractivity contribution in [3.05, 3.63) is 53.9 Å². The second-order valence-electron chi connectivity index (χ2n) is 9.10. The molecule has 162 valence electrons. The number of nitrogens with one attached hydrogen (secondary N) is 1. The van der Waals surface area contributed by atoms with Crippen molar-refractivity contribution >= 4 is 11.8 Å². The third-order valence-electron chi connectivity index (χ3n) is 6.81. The molecule has 0 radical (unpaired) electrons. The minimum Gasteiger partial charge on any atom is -0.487 e. The van der Waals surface area contributed by atoms with Gasteiger partial charge in [0.25, 0.3) is 5.91 Å². The van der Waals surface area contributed by atoms with E-state index in [1.54, 1.807) is 12.3 Å². The fraction of sp³-hybridized carbons (Fsp3) is 0.500. The number of nitrogens with zero attached hydrogens (tertiary/aromatic N) is 3. The summed E-state index contributed by atoms with van der Waals surface area (Å²) in [6.07, 6.45) is 8.31. The van der Waals surface area contributed by atoms with Crippen LogP contribution in [0.15, 0.2) is 42.7 Å². The normalized spacial score (nSPS) is 21.8. The van der Waals surface area contributed by atoms with Crippen molar-refractivity contribution in [3.8, 4) is 5.75 Å². The van der Waals surface area contributed by atoms with E-state index in [-0.39, 0.29) is 23.3 Å². The Balaban J connectivity index is 1.27. The van der Waals surface area contributed by atoms with Crippen LogP contribution in [0.2, 0.25) is 0 Å². The summed E-state index contributed by atoms with van der Waals surface area (Å²) >= 11 is 0. The van der Waals surface area contributed by atoms with E-state index >= 15 is 0 Å². The van der Waals surface area contributed by atoms with Crippen molar-refractivity contribution in [2.24, 2.45) is 5.92 Å². The van der Waals surface area contributed by atoms with Crippen LogP contribution in [0.1, 0.15) is 60.4 Å². The lowest BCUT2D eigenvalue weighted by molar-refractivity contribution is -0.122. The van der Waals surface area contributed by atoms with Gasteiger partial charge >= 0.3 is 0 Å². The Morgan fingerprint density at radius 2 is 1.94 bits per heavy atom. The first-order valence-electron chi connectivity index (χ1n) is 11.2. The molecule has 1 saturated heterocycles. The van der Waals surface area contributed by atoms with Gasteiger partial charge in [-0.25, -0.2) is 0 Å². The molecular weight excluding hydrogens is 392 g/mol. The van der Waals surface area contributed by atoms with Crippen molar-refractivity contribution in [1.29, 1.82) is 0 Å². The number of hydrogen-bond donors (Lipinski definition) is 1. The van der Waals surface area contributed by atoms with Crippen LogP contribution < -0.4 is 10.1 Å². The van der Waals surface area contributed by atoms with E-state index in [9.17, 15) is 9.59 Å². The van der Waals surface area contributed by atoms with Gasteiger partial charge in [-0.3, -0.25) is 9.59 Å². The molecular formula is C24H28N4O3. The number of hydrogen-bond acceptors (Lipinski definition) is 5. The maximum absolute atomic E-state index is 12.8. The van der Waals surface area contributed by atoms with E-state index in [2.05, 4.69) is 21.6 Å². The average Bonchev–Trinajstić information content (AvgIpc) is 3.63. The summed E-state index contributed by atoms with van der Waals surface area (Å²) < 4.78 is 6.52. The topological polar surface area (TPSA) is 84.4 Å². The predicted molar refractivity (Wildman–Crippen MR) is 115 cm³/mol. The summed E-state index contributed by atoms with van der Waals surface area (Å²) in [5, 5.41) is 10.7. The van der Waals surface area contributed by atoms with Gasteiger partial charge < -0.3 is 15.0 Å². The molecule has 5 rings (SSSR count). The highest BCUT2D eigenvalue weighted by atomic mass is 16.5. The summed E-state index contributed by atoms with van der Waals surface area (Å²) in [5.74, 6) is 1.80. The Morgan fingerprint density at radius 3 is 2.68 bits per heavy atom. The average molecular weight is 421 g/mol. The predicted octanol–water partition coefficient (Wildman–Crippen LogP) is 2.93. The molecule has 7 nitrogen and oxygen atoms in total. The zero-order valence-electron chi connectivity index (χ0n) is 17.6. The van der Waals surface area contributed by atoms with Crippen LogP contribution in [-0.2, 0) is 4.79 Å². The first-order valence-corrected chi connectivity index (χ1v) is 11.2. The molecule has 1 aliphatic carbocycles. The maximum Gasteiger partial charge on any atom is 0.255 e. The van der Waals surface area contributed by atoms with Gasteiger partial charge in [-0.1, -0.05) is 18.2 Å². The van der Waals surface area contributed by atoms with Crippen molar-refractivity contribution in [3.63, 3.8) is 0 Å². The lowest BCUT2D eigenvalue weighted by atomic mass is 9.76. The van der Waals surface area contributed by atoms with Crippen LogP contribution in [-0.4, -0.2) is 52.1 Å². The smallest absolute Gasteiger partial charge is 0.255 e. The number of likely N-dealkylation sites (tertiary alicyclic amines) is 1. The number of ether oxygens (including phenoxy) is 1. The molecule has 2 fully saturated rings. The van der Waals surface area contributed by atoms with Crippen molar-refractivity contribution in [1.82, 2.24) is 20.4 Å². The molecule has 1 aromatic heterocycles. The van der Waals surface area contributed by atoms with E-state index in [4.69, 9.17) is 4.74 Å². The number of amides is 2. The first kappa shape index (κ1) is 20.0. The minimum atomic E-state index is -0.330. The number of fused-ring (bicyclic) bond motifs is 1. The van der Waals surface area contributed by atoms with Gasteiger partial charge in [0.05, 0.1) is 18.0 Å². The van der Waals surface area contributed by atoms with Gasteiger partial charge in [0.15, 0.2) is 0 Å². The SMILES string of the molecule is O=C(C[C@@H]1CC2(CCN(C(=O)c3ccnnc3)CC2)Oc2ccccc21)NCC1CC1. The molecule has 0 unspecified atom stereocenters. The lowest BCUT2D eigenvalue weighted by Crippen LogP contribution is -2.52. The summed E-state index contributed by atoms with van der Waals surface area (Å²) in [6.45, 7) is 2.06. The number of para-hydroxylation sites is 1. The second-order valence-corrected chi connectivity index (χ2v) is 9.10. The molecule has 1 saturated carbocycles. The van der Waals surface area contributed by atoms with Crippen molar-refractivity contribution in [2.45, 2.75) is 50.0 Å². The van der Waals surface area contributed by atoms with Gasteiger partial charge in [-0.05, 0) is 42.9 Å². The Bertz CT molecular complexity index is 952. The molecule has 1 aromatic carbocycles. The molecule has 1 spiro atoms. The molecule has 31 heavy (non-hydrogen) atoms. The van der Waals surface area contributed by atoms with E-state index in [0.29, 0.717) is 31.0 Å². The van der Waals surface area contributed by atoms with Crippen molar-refractivity contribution in [2.75, 3.05) is 19.6 Å². The zero-order valence-corrected chi connectivity index (χ0v) is 17.6. The van der Waals surface area contributed by atoms with Crippen LogP contribution in [0, 0.1) is 5.92 Å². The first-order chi connectivity index (χ1) is 15.1. The van der Waals surface area contributed by atoms with Crippen LogP contribution in [0.4, 0.5) is 0 Å². The molecule has 3 aliphatic rings. The van der Waals surface area contributed by atoms with Crippen LogP contribution in [0.5, 0.6) is 5.75 Å². The Hall–Kier alpha value is -2.96. The molecule has 2 aliphatic heterocycles. The van der Waals surface area contributed by atoms with Gasteiger partial charge in [-0.15, -0.1) is 0 Å². The van der Waals surface area contributed by atoms with Crippen molar-refractivity contribution < 1.29 is 14.3 Å². The molecule has 7 heteroatoms. The third-order valence-corrected chi connectivity index (χ3v) is 6.81. The Labute approximate surface area is 182 Å². The molecule has 0 bridgehead atoms. The van der Waals surface area contributed by atoms with Gasteiger partial charge in [0, 0.05) is 44.8 Å². The zero-order chi connectivity index (χ0) is 21.3. The molecule has 2 amide bonds. The number of rotatable bonds is 5. The molecule has 3 heterocycles. The Morgan fingerprint density at radius 1 is 1.13 bits per heavy atom. The highest BCUT2D eigenvalue weighted by molar-refractivity contribution is 5.93. The molecule has 2 aromatic rings. The molecule has 1 atom stereocenters. The summed E-state index contributed by atoms with van der Waals surface area (Å²) in [5.41, 5.74) is 1.35. The van der Waals surface area contributed by atoms with E-state index in [1.165, 1.54) is 19.0 Å². The van der Waals surface area contributed by atoms with Gasteiger partial charge in [-0.2, -0.15) is 10.2 Å². The largest absolute Gasteiger partial charge is 0.487 e. The highest BCUT2D eigenvalue weighted by Gasteiger charge is 2.44.